The van der Waals surface area contributed by atoms with E-state index in [0.717, 1.165) is 23.3 Å². The molecule has 1 amide bonds. The highest BCUT2D eigenvalue weighted by Crippen LogP contribution is 2.30. The van der Waals surface area contributed by atoms with E-state index in [4.69, 9.17) is 25.7 Å². The minimum absolute atomic E-state index is 0.143. The zero-order valence-electron chi connectivity index (χ0n) is 17.9. The normalized spacial score (nSPS) is 14.4. The Bertz CT molecular complexity index is 1030. The van der Waals surface area contributed by atoms with Gasteiger partial charge < -0.3 is 19.0 Å². The molecule has 0 saturated carbocycles. The molecular weight excluding hydrogens is 416 g/mol. The van der Waals surface area contributed by atoms with E-state index < -0.39 is 0 Å². The Morgan fingerprint density at radius 3 is 2.74 bits per heavy atom. The number of morpholine rings is 1. The molecule has 0 bridgehead atoms. The van der Waals surface area contributed by atoms with Crippen LogP contribution in [0.3, 0.4) is 0 Å². The van der Waals surface area contributed by atoms with Crippen molar-refractivity contribution in [2.45, 2.75) is 20.3 Å². The maximum Gasteiger partial charge on any atom is 0.224 e. The fourth-order valence-corrected chi connectivity index (χ4v) is 3.94. The minimum atomic E-state index is 0.143. The van der Waals surface area contributed by atoms with Crippen LogP contribution in [0.1, 0.15) is 20.3 Å². The number of carbonyl (C=O) groups is 1. The van der Waals surface area contributed by atoms with E-state index in [-0.39, 0.29) is 5.91 Å². The second-order valence-electron chi connectivity index (χ2n) is 8.09. The molecule has 1 aliphatic heterocycles. The summed E-state index contributed by atoms with van der Waals surface area (Å²) in [6, 6.07) is 9.27. The van der Waals surface area contributed by atoms with Crippen molar-refractivity contribution < 1.29 is 13.9 Å². The van der Waals surface area contributed by atoms with Crippen molar-refractivity contribution in [1.82, 2.24) is 14.9 Å². The molecule has 1 aliphatic rings. The average Bonchev–Trinajstić information content (AvgIpc) is 3.31. The van der Waals surface area contributed by atoms with Crippen molar-refractivity contribution in [2.24, 2.45) is 5.92 Å². The molecule has 31 heavy (non-hydrogen) atoms. The molecule has 0 aliphatic carbocycles. The largest absolute Gasteiger partial charge is 0.461 e. The summed E-state index contributed by atoms with van der Waals surface area (Å²) in [6.45, 7) is 8.16. The van der Waals surface area contributed by atoms with Crippen LogP contribution < -0.4 is 4.90 Å². The van der Waals surface area contributed by atoms with Gasteiger partial charge in [0.2, 0.25) is 5.91 Å². The number of nitrogens with zero attached hydrogens (tertiary/aromatic N) is 4. The molecule has 0 atom stereocenters. The maximum atomic E-state index is 12.8. The second kappa shape index (κ2) is 9.66. The smallest absolute Gasteiger partial charge is 0.224 e. The number of amides is 1. The van der Waals surface area contributed by atoms with Crippen LogP contribution in [0.4, 0.5) is 5.82 Å². The van der Waals surface area contributed by atoms with E-state index >= 15 is 0 Å². The van der Waals surface area contributed by atoms with Gasteiger partial charge in [-0.15, -0.1) is 0 Å². The molecule has 164 valence electrons. The van der Waals surface area contributed by atoms with Gasteiger partial charge in [-0.25, -0.2) is 9.97 Å². The molecule has 4 rings (SSSR count). The first kappa shape index (κ1) is 21.6. The molecule has 2 aromatic heterocycles. The zero-order valence-corrected chi connectivity index (χ0v) is 18.6. The number of hydrogen-bond donors (Lipinski definition) is 0. The van der Waals surface area contributed by atoms with Gasteiger partial charge in [-0.05, 0) is 36.2 Å². The number of aromatic nitrogens is 2. The Balaban J connectivity index is 1.68. The van der Waals surface area contributed by atoms with E-state index in [1.807, 2.05) is 35.2 Å². The van der Waals surface area contributed by atoms with Gasteiger partial charge in [-0.2, -0.15) is 0 Å². The summed E-state index contributed by atoms with van der Waals surface area (Å²) >= 11 is 6.24. The van der Waals surface area contributed by atoms with Gasteiger partial charge in [0.25, 0.3) is 0 Å². The van der Waals surface area contributed by atoms with Crippen LogP contribution >= 0.6 is 11.6 Å². The number of furan rings is 1. The molecule has 8 heteroatoms. The summed E-state index contributed by atoms with van der Waals surface area (Å²) in [7, 11) is 0. The van der Waals surface area contributed by atoms with E-state index in [9.17, 15) is 4.79 Å². The highest BCUT2D eigenvalue weighted by molar-refractivity contribution is 6.31. The van der Waals surface area contributed by atoms with Crippen molar-refractivity contribution in [2.75, 3.05) is 44.3 Å². The monoisotopic (exact) mass is 442 g/mol. The molecule has 1 saturated heterocycles. The lowest BCUT2D eigenvalue weighted by atomic mass is 10.1. The lowest BCUT2D eigenvalue weighted by Crippen LogP contribution is -2.42. The Hall–Kier alpha value is -2.64. The van der Waals surface area contributed by atoms with Crippen LogP contribution in [-0.2, 0) is 9.53 Å². The number of rotatable bonds is 7. The lowest BCUT2D eigenvalue weighted by molar-refractivity contribution is -0.135. The van der Waals surface area contributed by atoms with Gasteiger partial charge in [0, 0.05) is 43.0 Å². The van der Waals surface area contributed by atoms with Crippen molar-refractivity contribution in [3.05, 3.63) is 41.6 Å². The highest BCUT2D eigenvalue weighted by Gasteiger charge is 2.21. The van der Waals surface area contributed by atoms with E-state index in [1.54, 1.807) is 6.26 Å². The van der Waals surface area contributed by atoms with Crippen molar-refractivity contribution in [1.29, 1.82) is 0 Å². The Labute approximate surface area is 187 Å². The Kier molecular flexibility index (Phi) is 6.73. The molecule has 0 N–H and O–H groups in total. The van der Waals surface area contributed by atoms with Crippen LogP contribution in [0.15, 0.2) is 41.0 Å². The summed E-state index contributed by atoms with van der Waals surface area (Å²) < 4.78 is 10.9. The predicted octanol–water partition coefficient (Wildman–Crippen LogP) is 4.25. The third-order valence-corrected chi connectivity index (χ3v) is 5.46. The third kappa shape index (κ3) is 5.17. The molecule has 3 aromatic rings. The van der Waals surface area contributed by atoms with Crippen molar-refractivity contribution >= 4 is 34.2 Å². The molecule has 1 aromatic carbocycles. The minimum Gasteiger partial charge on any atom is -0.461 e. The third-order valence-electron chi connectivity index (χ3n) is 5.22. The fraction of sp³-hybridized carbons (Fsp3) is 0.435. The van der Waals surface area contributed by atoms with Crippen LogP contribution in [0.5, 0.6) is 0 Å². The summed E-state index contributed by atoms with van der Waals surface area (Å²) in [4.78, 5) is 26.3. The van der Waals surface area contributed by atoms with Crippen LogP contribution in [0, 0.1) is 5.92 Å². The fourth-order valence-electron chi connectivity index (χ4n) is 3.77. The average molecular weight is 443 g/mol. The molecule has 3 heterocycles. The topological polar surface area (TPSA) is 71.7 Å². The predicted molar refractivity (Wildman–Crippen MR) is 121 cm³/mol. The Morgan fingerprint density at radius 2 is 2.03 bits per heavy atom. The number of carbonyl (C=O) groups excluding carboxylic acids is 1. The van der Waals surface area contributed by atoms with E-state index in [0.29, 0.717) is 61.8 Å². The molecule has 1 fully saturated rings. The molecule has 0 unspecified atom stereocenters. The first-order valence-electron chi connectivity index (χ1n) is 10.6. The standard InChI is InChI=1S/C23H27ClN4O3/c1-16(2)15-28(8-7-21(29)27-9-12-30-13-10-27)23-18-6-5-17(24)14-19(18)25-22(26-23)20-4-3-11-31-20/h3-6,11,14,16H,7-10,12-13,15H2,1-2H3. The number of ether oxygens (including phenoxy) is 1. The molecule has 7 nitrogen and oxygen atoms in total. The summed E-state index contributed by atoms with van der Waals surface area (Å²) in [5, 5.41) is 1.51. The van der Waals surface area contributed by atoms with Crippen LogP contribution in [-0.4, -0.2) is 60.2 Å². The van der Waals surface area contributed by atoms with Gasteiger partial charge >= 0.3 is 0 Å². The zero-order chi connectivity index (χ0) is 21.8. The number of halogens is 1. The van der Waals surface area contributed by atoms with E-state index in [2.05, 4.69) is 23.7 Å². The van der Waals surface area contributed by atoms with Crippen molar-refractivity contribution in [3.63, 3.8) is 0 Å². The quantitative estimate of drug-likeness (QED) is 0.544. The first-order chi connectivity index (χ1) is 15.0. The van der Waals surface area contributed by atoms with Gasteiger partial charge in [0.05, 0.1) is 25.0 Å². The summed E-state index contributed by atoms with van der Waals surface area (Å²) in [5.74, 6) is 2.42. The van der Waals surface area contributed by atoms with Crippen LogP contribution in [0.25, 0.3) is 22.5 Å². The van der Waals surface area contributed by atoms with Gasteiger partial charge in [-0.1, -0.05) is 25.4 Å². The Morgan fingerprint density at radius 1 is 1.23 bits per heavy atom. The lowest BCUT2D eigenvalue weighted by Gasteiger charge is -2.30. The summed E-state index contributed by atoms with van der Waals surface area (Å²) in [5.41, 5.74) is 0.747. The second-order valence-corrected chi connectivity index (χ2v) is 8.53. The summed E-state index contributed by atoms with van der Waals surface area (Å²) in [6.07, 6.45) is 2.02. The van der Waals surface area contributed by atoms with Gasteiger partial charge in [0.15, 0.2) is 11.6 Å². The molecular formula is C23H27ClN4O3. The highest BCUT2D eigenvalue weighted by atomic mass is 35.5. The van der Waals surface area contributed by atoms with Crippen molar-refractivity contribution in [3.8, 4) is 11.6 Å². The SMILES string of the molecule is CC(C)CN(CCC(=O)N1CCOCC1)c1nc(-c2ccco2)nc2cc(Cl)ccc12. The number of hydrogen-bond acceptors (Lipinski definition) is 6. The van der Waals surface area contributed by atoms with Gasteiger partial charge in [-0.3, -0.25) is 4.79 Å². The van der Waals surface area contributed by atoms with E-state index in [1.165, 1.54) is 0 Å². The first-order valence-corrected chi connectivity index (χ1v) is 11.0. The number of anilines is 1. The molecule has 0 spiro atoms. The number of fused-ring (bicyclic) bond motifs is 1. The number of benzene rings is 1. The van der Waals surface area contributed by atoms with Gasteiger partial charge in [0.1, 0.15) is 5.82 Å². The van der Waals surface area contributed by atoms with Crippen LogP contribution in [0.2, 0.25) is 5.02 Å². The maximum absolute atomic E-state index is 12.8. The molecule has 0 radical (unpaired) electrons.